The van der Waals surface area contributed by atoms with Crippen molar-refractivity contribution in [3.8, 4) is 34.1 Å². The topological polar surface area (TPSA) is 44.9 Å². The van der Waals surface area contributed by atoms with Crippen molar-refractivity contribution in [2.75, 3.05) is 0 Å². The van der Waals surface area contributed by atoms with Crippen LogP contribution in [0.3, 0.4) is 0 Å². The van der Waals surface area contributed by atoms with Crippen LogP contribution in [0.5, 0.6) is 11.5 Å². The molecule has 3 aromatic heterocycles. The molecule has 0 amide bonds. The highest BCUT2D eigenvalue weighted by atomic mass is 16.5. The van der Waals surface area contributed by atoms with Gasteiger partial charge in [-0.3, -0.25) is 4.57 Å². The number of benzene rings is 4. The number of para-hydroxylation sites is 1. The molecule has 0 spiro atoms. The van der Waals surface area contributed by atoms with E-state index in [4.69, 9.17) is 14.8 Å². The first-order valence-corrected chi connectivity index (χ1v) is 17.1. The lowest BCUT2D eigenvalue weighted by atomic mass is 9.88. The molecule has 3 heterocycles. The lowest BCUT2D eigenvalue weighted by Crippen LogP contribution is -2.12. The summed E-state index contributed by atoms with van der Waals surface area (Å²) in [5, 5.41) is 7.21. The number of aryl methyl sites for hydroxylation is 2. The molecule has 0 aliphatic rings. The van der Waals surface area contributed by atoms with Gasteiger partial charge in [-0.15, -0.1) is 0 Å². The predicted octanol–water partition coefficient (Wildman–Crippen LogP) is 11.4. The summed E-state index contributed by atoms with van der Waals surface area (Å²) in [6.07, 6.45) is 8.03. The third-order valence-corrected chi connectivity index (χ3v) is 9.44. The quantitative estimate of drug-likeness (QED) is 0.167. The number of ether oxygens (including phenoxy) is 1. The molecule has 0 saturated heterocycles. The molecule has 0 aliphatic carbocycles. The van der Waals surface area contributed by atoms with Crippen molar-refractivity contribution >= 4 is 21.8 Å². The average molecular weight is 633 g/mol. The maximum Gasteiger partial charge on any atom is 0.137 e. The summed E-state index contributed by atoms with van der Waals surface area (Å²) < 4.78 is 10.9. The van der Waals surface area contributed by atoms with E-state index in [1.807, 2.05) is 17.1 Å². The van der Waals surface area contributed by atoms with Gasteiger partial charge in [-0.05, 0) is 94.5 Å². The van der Waals surface area contributed by atoms with E-state index in [9.17, 15) is 0 Å². The Bertz CT molecular complexity index is 2240. The summed E-state index contributed by atoms with van der Waals surface area (Å²) >= 11 is 0. The van der Waals surface area contributed by atoms with Crippen LogP contribution in [-0.2, 0) is 18.3 Å². The van der Waals surface area contributed by atoms with Crippen LogP contribution >= 0.6 is 0 Å². The van der Waals surface area contributed by atoms with Crippen molar-refractivity contribution in [2.45, 2.75) is 72.6 Å². The van der Waals surface area contributed by atoms with Crippen molar-refractivity contribution in [2.24, 2.45) is 0 Å². The van der Waals surface area contributed by atoms with E-state index in [2.05, 4.69) is 150 Å². The fraction of sp³-hybridized carbons (Fsp3) is 0.256. The summed E-state index contributed by atoms with van der Waals surface area (Å²) in [5.41, 5.74) is 10.8. The average Bonchev–Trinajstić information content (AvgIpc) is 3.70. The van der Waals surface area contributed by atoms with Crippen molar-refractivity contribution in [1.82, 2.24) is 19.3 Å². The molecule has 0 saturated carbocycles. The molecule has 7 rings (SSSR count). The van der Waals surface area contributed by atoms with Gasteiger partial charge in [0.05, 0.1) is 22.9 Å². The second kappa shape index (κ2) is 12.5. The number of nitrogens with zero attached hydrogens (tertiary/aromatic N) is 4. The van der Waals surface area contributed by atoms with E-state index in [1.165, 1.54) is 38.6 Å². The summed E-state index contributed by atoms with van der Waals surface area (Å²) in [4.78, 5) is 4.84. The van der Waals surface area contributed by atoms with E-state index in [1.54, 1.807) is 0 Å². The van der Waals surface area contributed by atoms with Gasteiger partial charge in [0.1, 0.15) is 17.3 Å². The molecule has 4 aromatic carbocycles. The zero-order chi connectivity index (χ0) is 33.6. The van der Waals surface area contributed by atoms with Gasteiger partial charge in [0.15, 0.2) is 0 Å². The Kier molecular flexibility index (Phi) is 8.16. The van der Waals surface area contributed by atoms with Gasteiger partial charge in [0.2, 0.25) is 0 Å². The molecule has 0 N–H and O–H groups in total. The van der Waals surface area contributed by atoms with Gasteiger partial charge in [-0.2, -0.15) is 5.10 Å². The second-order valence-corrected chi connectivity index (χ2v) is 14.0. The fourth-order valence-corrected chi connectivity index (χ4v) is 6.74. The number of pyridine rings is 1. The molecule has 242 valence electrons. The standard InChI is InChI=1S/C43H44N4O/c1-8-29-13-12-14-30(9-2)42(29)32-26-45-46(27-32)34-21-31(28(3)4)22-36(24-34)48-35-17-18-38-37-15-10-11-16-39(37)47(40(38)25-35)41-23-33(19-20-44-41)43(5,6)7/h10-28H,8-9H2,1-7H3. The molecule has 0 bridgehead atoms. The molecule has 48 heavy (non-hydrogen) atoms. The summed E-state index contributed by atoms with van der Waals surface area (Å²) in [6, 6.07) is 32.3. The van der Waals surface area contributed by atoms with Gasteiger partial charge in [-0.1, -0.05) is 84.9 Å². The number of hydrogen-bond donors (Lipinski definition) is 0. The third kappa shape index (κ3) is 5.79. The number of fused-ring (bicyclic) bond motifs is 3. The zero-order valence-corrected chi connectivity index (χ0v) is 29.1. The molecular formula is C43H44N4O. The lowest BCUT2D eigenvalue weighted by Gasteiger charge is -2.20. The summed E-state index contributed by atoms with van der Waals surface area (Å²) in [7, 11) is 0. The van der Waals surface area contributed by atoms with Gasteiger partial charge >= 0.3 is 0 Å². The number of rotatable bonds is 8. The molecule has 0 atom stereocenters. The number of hydrogen-bond acceptors (Lipinski definition) is 3. The summed E-state index contributed by atoms with van der Waals surface area (Å²) in [5.74, 6) is 2.78. The first-order valence-electron chi connectivity index (χ1n) is 17.1. The SMILES string of the molecule is CCc1cccc(CC)c1-c1cnn(-c2cc(Oc3ccc4c5ccccc5n(-c5cc(C(C)(C)C)ccn5)c4c3)cc(C(C)C)c2)c1. The molecule has 0 unspecified atom stereocenters. The Morgan fingerprint density at radius 3 is 2.23 bits per heavy atom. The van der Waals surface area contributed by atoms with Gasteiger partial charge < -0.3 is 4.74 Å². The van der Waals surface area contributed by atoms with Crippen molar-refractivity contribution in [3.05, 3.63) is 132 Å². The smallest absolute Gasteiger partial charge is 0.137 e. The second-order valence-electron chi connectivity index (χ2n) is 14.0. The lowest BCUT2D eigenvalue weighted by molar-refractivity contribution is 0.481. The summed E-state index contributed by atoms with van der Waals surface area (Å²) in [6.45, 7) is 15.6. The molecule has 0 aliphatic heterocycles. The molecule has 0 radical (unpaired) electrons. The van der Waals surface area contributed by atoms with Crippen LogP contribution in [0.25, 0.3) is 44.4 Å². The Morgan fingerprint density at radius 2 is 1.50 bits per heavy atom. The van der Waals surface area contributed by atoms with Crippen LogP contribution in [0, 0.1) is 0 Å². The third-order valence-electron chi connectivity index (χ3n) is 9.44. The Labute approximate surface area is 283 Å². The minimum atomic E-state index is 0.0108. The molecule has 7 aromatic rings. The van der Waals surface area contributed by atoms with Crippen LogP contribution in [0.2, 0.25) is 0 Å². The highest BCUT2D eigenvalue weighted by Crippen LogP contribution is 2.37. The first kappa shape index (κ1) is 31.4. The van der Waals surface area contributed by atoms with Crippen LogP contribution in [0.15, 0.2) is 110 Å². The molecule has 0 fully saturated rings. The zero-order valence-electron chi connectivity index (χ0n) is 29.1. The van der Waals surface area contributed by atoms with Gasteiger partial charge in [0, 0.05) is 40.9 Å². The van der Waals surface area contributed by atoms with Crippen LogP contribution in [-0.4, -0.2) is 19.3 Å². The van der Waals surface area contributed by atoms with Gasteiger partial charge in [-0.25, -0.2) is 9.67 Å². The first-order chi connectivity index (χ1) is 23.1. The highest BCUT2D eigenvalue weighted by Gasteiger charge is 2.19. The van der Waals surface area contributed by atoms with E-state index < -0.39 is 0 Å². The largest absolute Gasteiger partial charge is 0.457 e. The fourth-order valence-electron chi connectivity index (χ4n) is 6.74. The Morgan fingerprint density at radius 1 is 0.750 bits per heavy atom. The van der Waals surface area contributed by atoms with E-state index in [0.29, 0.717) is 5.92 Å². The maximum absolute atomic E-state index is 6.69. The Balaban J connectivity index is 1.31. The molecule has 5 heteroatoms. The highest BCUT2D eigenvalue weighted by molar-refractivity contribution is 6.09. The Hall–Kier alpha value is -5.16. The minimum Gasteiger partial charge on any atom is -0.457 e. The monoisotopic (exact) mass is 632 g/mol. The van der Waals surface area contributed by atoms with Crippen molar-refractivity contribution < 1.29 is 4.74 Å². The van der Waals surface area contributed by atoms with E-state index in [-0.39, 0.29) is 5.41 Å². The van der Waals surface area contributed by atoms with Crippen LogP contribution in [0.1, 0.15) is 76.6 Å². The van der Waals surface area contributed by atoms with Crippen LogP contribution in [0.4, 0.5) is 0 Å². The van der Waals surface area contributed by atoms with Crippen molar-refractivity contribution in [1.29, 1.82) is 0 Å². The van der Waals surface area contributed by atoms with Gasteiger partial charge in [0.25, 0.3) is 0 Å². The normalized spacial score (nSPS) is 12.0. The van der Waals surface area contributed by atoms with E-state index >= 15 is 0 Å². The van der Waals surface area contributed by atoms with Crippen LogP contribution < -0.4 is 4.74 Å². The maximum atomic E-state index is 6.69. The van der Waals surface area contributed by atoms with Crippen molar-refractivity contribution in [3.63, 3.8) is 0 Å². The van der Waals surface area contributed by atoms with E-state index in [0.717, 1.165) is 52.4 Å². The predicted molar refractivity (Wildman–Crippen MR) is 199 cm³/mol. The molecular weight excluding hydrogens is 589 g/mol. The minimum absolute atomic E-state index is 0.0108. The molecule has 5 nitrogen and oxygen atoms in total. The number of aromatic nitrogens is 4.